The van der Waals surface area contributed by atoms with Gasteiger partial charge in [0.25, 0.3) is 11.8 Å². The fourth-order valence-electron chi connectivity index (χ4n) is 2.08. The van der Waals surface area contributed by atoms with Crippen LogP contribution in [-0.2, 0) is 0 Å². The Morgan fingerprint density at radius 3 is 2.77 bits per heavy atom. The fraction of sp³-hybridized carbons (Fsp3) is 0.312. The number of amides is 2. The van der Waals surface area contributed by atoms with Gasteiger partial charge in [-0.2, -0.15) is 0 Å². The highest BCUT2D eigenvalue weighted by atomic mass is 32.1. The number of rotatable bonds is 5. The Kier molecular flexibility index (Phi) is 4.20. The van der Waals surface area contributed by atoms with Crippen molar-refractivity contribution < 1.29 is 9.59 Å². The number of carbonyl (C=O) groups is 2. The van der Waals surface area contributed by atoms with Crippen molar-refractivity contribution in [1.29, 1.82) is 0 Å². The molecule has 114 valence electrons. The molecule has 1 aliphatic carbocycles. The van der Waals surface area contributed by atoms with Crippen LogP contribution < -0.4 is 10.6 Å². The topological polar surface area (TPSA) is 71.1 Å². The van der Waals surface area contributed by atoms with Crippen LogP contribution in [0.5, 0.6) is 0 Å². The van der Waals surface area contributed by atoms with Gasteiger partial charge in [0.2, 0.25) is 0 Å². The third-order valence-electron chi connectivity index (χ3n) is 3.60. The summed E-state index contributed by atoms with van der Waals surface area (Å²) in [4.78, 5) is 28.3. The Bertz CT molecular complexity index is 707. The lowest BCUT2D eigenvalue weighted by molar-refractivity contribution is 0.0946. The van der Waals surface area contributed by atoms with Crippen LogP contribution >= 0.6 is 11.3 Å². The van der Waals surface area contributed by atoms with Crippen molar-refractivity contribution in [2.45, 2.75) is 19.8 Å². The molecule has 0 spiro atoms. The Hall–Kier alpha value is -2.21. The molecule has 0 unspecified atom stereocenters. The Labute approximate surface area is 132 Å². The Balaban J connectivity index is 1.62. The van der Waals surface area contributed by atoms with Gasteiger partial charge in [-0.3, -0.25) is 14.9 Å². The molecule has 2 aromatic rings. The monoisotopic (exact) mass is 315 g/mol. The van der Waals surface area contributed by atoms with Crippen molar-refractivity contribution in [2.24, 2.45) is 5.92 Å². The van der Waals surface area contributed by atoms with Gasteiger partial charge in [-0.25, -0.2) is 4.98 Å². The van der Waals surface area contributed by atoms with E-state index in [0.29, 0.717) is 28.9 Å². The molecule has 1 fully saturated rings. The van der Waals surface area contributed by atoms with Crippen LogP contribution in [0, 0.1) is 12.8 Å². The average Bonchev–Trinajstić information content (AvgIpc) is 3.23. The van der Waals surface area contributed by atoms with E-state index < -0.39 is 0 Å². The summed E-state index contributed by atoms with van der Waals surface area (Å²) in [6, 6.07) is 7.35. The molecule has 0 saturated heterocycles. The molecule has 0 radical (unpaired) electrons. The third kappa shape index (κ3) is 3.51. The molecule has 22 heavy (non-hydrogen) atoms. The second-order valence-electron chi connectivity index (χ2n) is 5.46. The summed E-state index contributed by atoms with van der Waals surface area (Å²) in [5.74, 6) is 0.236. The predicted octanol–water partition coefficient (Wildman–Crippen LogP) is 2.84. The maximum Gasteiger partial charge on any atom is 0.270 e. The Morgan fingerprint density at radius 2 is 2.05 bits per heavy atom. The molecule has 6 heteroatoms. The first-order chi connectivity index (χ1) is 10.6. The molecule has 5 nitrogen and oxygen atoms in total. The molecule has 3 rings (SSSR count). The van der Waals surface area contributed by atoms with E-state index in [1.807, 2.05) is 25.1 Å². The van der Waals surface area contributed by atoms with Crippen LogP contribution in [0.1, 0.15) is 39.3 Å². The second kappa shape index (κ2) is 6.27. The van der Waals surface area contributed by atoms with Gasteiger partial charge < -0.3 is 5.32 Å². The highest BCUT2D eigenvalue weighted by Gasteiger charge is 2.22. The highest BCUT2D eigenvalue weighted by molar-refractivity contribution is 7.14. The van der Waals surface area contributed by atoms with Crippen LogP contribution in [0.15, 0.2) is 29.6 Å². The van der Waals surface area contributed by atoms with Gasteiger partial charge in [0.1, 0.15) is 5.69 Å². The molecule has 0 aliphatic heterocycles. The van der Waals surface area contributed by atoms with Crippen molar-refractivity contribution in [2.75, 3.05) is 11.9 Å². The maximum absolute atomic E-state index is 12.2. The zero-order valence-electron chi connectivity index (χ0n) is 12.3. The SMILES string of the molecule is Cc1ccccc1C(=O)Nc1nc(C(=O)NCC2CC2)cs1. The predicted molar refractivity (Wildman–Crippen MR) is 86.3 cm³/mol. The maximum atomic E-state index is 12.2. The molecular weight excluding hydrogens is 298 g/mol. The number of aromatic nitrogens is 1. The van der Waals surface area contributed by atoms with E-state index in [-0.39, 0.29) is 11.8 Å². The van der Waals surface area contributed by atoms with E-state index in [2.05, 4.69) is 15.6 Å². The molecule has 0 atom stereocenters. The molecule has 2 amide bonds. The second-order valence-corrected chi connectivity index (χ2v) is 6.32. The molecule has 1 saturated carbocycles. The van der Waals surface area contributed by atoms with E-state index in [9.17, 15) is 9.59 Å². The zero-order chi connectivity index (χ0) is 15.5. The normalized spacial score (nSPS) is 13.7. The number of anilines is 1. The van der Waals surface area contributed by atoms with Gasteiger partial charge >= 0.3 is 0 Å². The molecule has 1 aromatic carbocycles. The summed E-state index contributed by atoms with van der Waals surface area (Å²) in [6.45, 7) is 2.59. The largest absolute Gasteiger partial charge is 0.350 e. The number of hydrogen-bond donors (Lipinski definition) is 2. The van der Waals surface area contributed by atoms with Crippen LogP contribution in [-0.4, -0.2) is 23.3 Å². The third-order valence-corrected chi connectivity index (χ3v) is 4.35. The average molecular weight is 315 g/mol. The summed E-state index contributed by atoms with van der Waals surface area (Å²) < 4.78 is 0. The number of aryl methyl sites for hydroxylation is 1. The minimum Gasteiger partial charge on any atom is -0.350 e. The van der Waals surface area contributed by atoms with Crippen LogP contribution in [0.2, 0.25) is 0 Å². The van der Waals surface area contributed by atoms with E-state index in [1.165, 1.54) is 24.2 Å². The number of nitrogens with one attached hydrogen (secondary N) is 2. The van der Waals surface area contributed by atoms with Gasteiger partial charge in [-0.15, -0.1) is 11.3 Å². The number of nitrogens with zero attached hydrogens (tertiary/aromatic N) is 1. The summed E-state index contributed by atoms with van der Waals surface area (Å²) in [7, 11) is 0. The molecular formula is C16H17N3O2S. The summed E-state index contributed by atoms with van der Waals surface area (Å²) in [6.07, 6.45) is 2.38. The zero-order valence-corrected chi connectivity index (χ0v) is 13.1. The lowest BCUT2D eigenvalue weighted by Crippen LogP contribution is -2.25. The van der Waals surface area contributed by atoms with Gasteiger partial charge in [0, 0.05) is 17.5 Å². The van der Waals surface area contributed by atoms with Gasteiger partial charge in [-0.05, 0) is 37.3 Å². The minimum atomic E-state index is -0.211. The summed E-state index contributed by atoms with van der Waals surface area (Å²) >= 11 is 1.25. The molecule has 0 bridgehead atoms. The van der Waals surface area contributed by atoms with Crippen molar-refractivity contribution >= 4 is 28.3 Å². The first-order valence-electron chi connectivity index (χ1n) is 7.24. The van der Waals surface area contributed by atoms with Crippen molar-refractivity contribution in [3.05, 3.63) is 46.5 Å². The van der Waals surface area contributed by atoms with E-state index >= 15 is 0 Å². The molecule has 2 N–H and O–H groups in total. The highest BCUT2D eigenvalue weighted by Crippen LogP contribution is 2.27. The van der Waals surface area contributed by atoms with E-state index in [0.717, 1.165) is 5.56 Å². The van der Waals surface area contributed by atoms with Gasteiger partial charge in [-0.1, -0.05) is 18.2 Å². The van der Waals surface area contributed by atoms with Crippen LogP contribution in [0.3, 0.4) is 0 Å². The molecule has 1 aromatic heterocycles. The quantitative estimate of drug-likeness (QED) is 0.891. The number of carbonyl (C=O) groups excluding carboxylic acids is 2. The van der Waals surface area contributed by atoms with E-state index in [1.54, 1.807) is 11.4 Å². The fourth-order valence-corrected chi connectivity index (χ4v) is 2.76. The summed E-state index contributed by atoms with van der Waals surface area (Å²) in [5, 5.41) is 7.70. The van der Waals surface area contributed by atoms with Gasteiger partial charge in [0.15, 0.2) is 5.13 Å². The molecule has 1 heterocycles. The number of hydrogen-bond acceptors (Lipinski definition) is 4. The van der Waals surface area contributed by atoms with Crippen LogP contribution in [0.25, 0.3) is 0 Å². The van der Waals surface area contributed by atoms with Crippen molar-refractivity contribution in [3.8, 4) is 0 Å². The first kappa shape index (κ1) is 14.7. The van der Waals surface area contributed by atoms with Crippen molar-refractivity contribution in [3.63, 3.8) is 0 Å². The smallest absolute Gasteiger partial charge is 0.270 e. The Morgan fingerprint density at radius 1 is 1.27 bits per heavy atom. The van der Waals surface area contributed by atoms with Crippen LogP contribution in [0.4, 0.5) is 5.13 Å². The first-order valence-corrected chi connectivity index (χ1v) is 8.12. The van der Waals surface area contributed by atoms with Gasteiger partial charge in [0.05, 0.1) is 0 Å². The minimum absolute atomic E-state index is 0.181. The standard InChI is InChI=1S/C16H17N3O2S/c1-10-4-2-3-5-12(10)14(20)19-16-18-13(9-22-16)15(21)17-8-11-6-7-11/h2-5,9,11H,6-8H2,1H3,(H,17,21)(H,18,19,20). The lowest BCUT2D eigenvalue weighted by atomic mass is 10.1. The number of benzene rings is 1. The lowest BCUT2D eigenvalue weighted by Gasteiger charge is -2.04. The summed E-state index contributed by atoms with van der Waals surface area (Å²) in [5.41, 5.74) is 1.86. The molecule has 1 aliphatic rings. The number of thiazole rings is 1. The van der Waals surface area contributed by atoms with E-state index in [4.69, 9.17) is 0 Å². The van der Waals surface area contributed by atoms with Crippen molar-refractivity contribution in [1.82, 2.24) is 10.3 Å².